The van der Waals surface area contributed by atoms with E-state index in [9.17, 15) is 9.59 Å². The summed E-state index contributed by atoms with van der Waals surface area (Å²) in [5.74, 6) is -0.397. The molecule has 2 amide bonds. The standard InChI is InChI=1S/C13H17BrN2O2/c1-9(12(17)15-2)8-16(3)13(18)10-6-4-5-7-11(10)14/h4-7,9H,8H2,1-3H3,(H,15,17). The van der Waals surface area contributed by atoms with Crippen LogP contribution in [0.3, 0.4) is 0 Å². The van der Waals surface area contributed by atoms with Gasteiger partial charge < -0.3 is 10.2 Å². The van der Waals surface area contributed by atoms with Crippen LogP contribution in [0.15, 0.2) is 28.7 Å². The van der Waals surface area contributed by atoms with Gasteiger partial charge in [0.25, 0.3) is 5.91 Å². The molecule has 1 aromatic carbocycles. The van der Waals surface area contributed by atoms with Crippen molar-refractivity contribution in [1.82, 2.24) is 10.2 Å². The van der Waals surface area contributed by atoms with E-state index in [0.717, 1.165) is 4.47 Å². The van der Waals surface area contributed by atoms with E-state index in [1.807, 2.05) is 18.2 Å². The molecule has 0 saturated heterocycles. The van der Waals surface area contributed by atoms with Crippen LogP contribution >= 0.6 is 15.9 Å². The first-order chi connectivity index (χ1) is 8.47. The molecule has 98 valence electrons. The van der Waals surface area contributed by atoms with Gasteiger partial charge in [0.05, 0.1) is 11.5 Å². The van der Waals surface area contributed by atoms with Gasteiger partial charge in [0.2, 0.25) is 5.91 Å². The van der Waals surface area contributed by atoms with Crippen LogP contribution in [0.1, 0.15) is 17.3 Å². The monoisotopic (exact) mass is 312 g/mol. The Morgan fingerprint density at radius 2 is 2.00 bits per heavy atom. The van der Waals surface area contributed by atoms with Crippen molar-refractivity contribution in [1.29, 1.82) is 0 Å². The first kappa shape index (κ1) is 14.7. The van der Waals surface area contributed by atoms with Crippen molar-refractivity contribution < 1.29 is 9.59 Å². The summed E-state index contributed by atoms with van der Waals surface area (Å²) in [4.78, 5) is 25.1. The topological polar surface area (TPSA) is 49.4 Å². The zero-order valence-electron chi connectivity index (χ0n) is 10.7. The molecular weight excluding hydrogens is 296 g/mol. The molecule has 0 aliphatic carbocycles. The molecule has 0 aliphatic heterocycles. The third-order valence-corrected chi connectivity index (χ3v) is 3.38. The van der Waals surface area contributed by atoms with Gasteiger partial charge in [-0.05, 0) is 28.1 Å². The first-order valence-electron chi connectivity index (χ1n) is 5.69. The molecule has 0 saturated carbocycles. The van der Waals surface area contributed by atoms with Crippen LogP contribution in [0, 0.1) is 5.92 Å². The number of amides is 2. The SMILES string of the molecule is CNC(=O)C(C)CN(C)C(=O)c1ccccc1Br. The highest BCUT2D eigenvalue weighted by Crippen LogP contribution is 2.17. The number of hydrogen-bond donors (Lipinski definition) is 1. The lowest BCUT2D eigenvalue weighted by atomic mass is 10.1. The fourth-order valence-electron chi connectivity index (χ4n) is 1.66. The van der Waals surface area contributed by atoms with Gasteiger partial charge >= 0.3 is 0 Å². The summed E-state index contributed by atoms with van der Waals surface area (Å²) < 4.78 is 0.759. The van der Waals surface area contributed by atoms with Crippen molar-refractivity contribution >= 4 is 27.7 Å². The molecule has 0 bridgehead atoms. The predicted octanol–water partition coefficient (Wildman–Crippen LogP) is 1.90. The highest BCUT2D eigenvalue weighted by atomic mass is 79.9. The molecular formula is C13H17BrN2O2. The summed E-state index contributed by atoms with van der Waals surface area (Å²) in [7, 11) is 3.29. The van der Waals surface area contributed by atoms with E-state index in [4.69, 9.17) is 0 Å². The molecule has 1 aromatic rings. The van der Waals surface area contributed by atoms with Crippen LogP contribution in [0.25, 0.3) is 0 Å². The highest BCUT2D eigenvalue weighted by molar-refractivity contribution is 9.10. The van der Waals surface area contributed by atoms with Crippen molar-refractivity contribution in [2.45, 2.75) is 6.92 Å². The fraction of sp³-hybridized carbons (Fsp3) is 0.385. The Hall–Kier alpha value is -1.36. The van der Waals surface area contributed by atoms with Gasteiger partial charge in [0.15, 0.2) is 0 Å². The predicted molar refractivity (Wildman–Crippen MR) is 74.3 cm³/mol. The lowest BCUT2D eigenvalue weighted by Gasteiger charge is -2.21. The smallest absolute Gasteiger partial charge is 0.254 e. The second-order valence-corrected chi connectivity index (χ2v) is 5.04. The first-order valence-corrected chi connectivity index (χ1v) is 6.48. The number of carbonyl (C=O) groups is 2. The van der Waals surface area contributed by atoms with Crippen LogP contribution in [0.2, 0.25) is 0 Å². The van der Waals surface area contributed by atoms with Gasteiger partial charge in [-0.25, -0.2) is 0 Å². The van der Waals surface area contributed by atoms with Gasteiger partial charge in [-0.3, -0.25) is 9.59 Å². The number of hydrogen-bond acceptors (Lipinski definition) is 2. The van der Waals surface area contributed by atoms with E-state index in [0.29, 0.717) is 12.1 Å². The maximum Gasteiger partial charge on any atom is 0.254 e. The Morgan fingerprint density at radius 1 is 1.39 bits per heavy atom. The lowest BCUT2D eigenvalue weighted by Crippen LogP contribution is -2.37. The average molecular weight is 313 g/mol. The summed E-state index contributed by atoms with van der Waals surface area (Å²) in [6.45, 7) is 2.18. The van der Waals surface area contributed by atoms with Gasteiger partial charge in [-0.1, -0.05) is 19.1 Å². The Morgan fingerprint density at radius 3 is 2.56 bits per heavy atom. The minimum atomic E-state index is -0.230. The molecule has 1 rings (SSSR count). The van der Waals surface area contributed by atoms with E-state index in [1.165, 1.54) is 0 Å². The number of nitrogens with one attached hydrogen (secondary N) is 1. The Bertz CT molecular complexity index is 448. The molecule has 0 heterocycles. The van der Waals surface area contributed by atoms with E-state index in [-0.39, 0.29) is 17.7 Å². The maximum absolute atomic E-state index is 12.2. The van der Waals surface area contributed by atoms with Crippen LogP contribution in [-0.4, -0.2) is 37.4 Å². The zero-order chi connectivity index (χ0) is 13.7. The second kappa shape index (κ2) is 6.54. The second-order valence-electron chi connectivity index (χ2n) is 4.18. The Kier molecular flexibility index (Phi) is 5.34. The molecule has 0 aromatic heterocycles. The lowest BCUT2D eigenvalue weighted by molar-refractivity contribution is -0.124. The molecule has 18 heavy (non-hydrogen) atoms. The Balaban J connectivity index is 2.74. The van der Waals surface area contributed by atoms with Gasteiger partial charge in [-0.2, -0.15) is 0 Å². The summed E-state index contributed by atoms with van der Waals surface area (Å²) in [5.41, 5.74) is 0.601. The third-order valence-electron chi connectivity index (χ3n) is 2.69. The van der Waals surface area contributed by atoms with E-state index >= 15 is 0 Å². The van der Waals surface area contributed by atoms with Crippen LogP contribution < -0.4 is 5.32 Å². The molecule has 0 radical (unpaired) electrons. The number of carbonyl (C=O) groups excluding carboxylic acids is 2. The molecule has 4 nitrogen and oxygen atoms in total. The minimum absolute atomic E-state index is 0.0678. The Labute approximate surface area is 115 Å². The number of nitrogens with zero attached hydrogens (tertiary/aromatic N) is 1. The molecule has 0 aliphatic rings. The normalized spacial score (nSPS) is 11.8. The number of halogens is 1. The molecule has 1 atom stereocenters. The van der Waals surface area contributed by atoms with Crippen LogP contribution in [-0.2, 0) is 4.79 Å². The fourth-order valence-corrected chi connectivity index (χ4v) is 2.12. The highest BCUT2D eigenvalue weighted by Gasteiger charge is 2.19. The summed E-state index contributed by atoms with van der Waals surface area (Å²) >= 11 is 3.35. The quantitative estimate of drug-likeness (QED) is 0.923. The van der Waals surface area contributed by atoms with Gasteiger partial charge in [-0.15, -0.1) is 0 Å². The molecule has 5 heteroatoms. The summed E-state index contributed by atoms with van der Waals surface area (Å²) in [6.07, 6.45) is 0. The van der Waals surface area contributed by atoms with Crippen molar-refractivity contribution in [3.63, 3.8) is 0 Å². The molecule has 0 spiro atoms. The minimum Gasteiger partial charge on any atom is -0.359 e. The van der Waals surface area contributed by atoms with E-state index in [1.54, 1.807) is 32.0 Å². The maximum atomic E-state index is 12.2. The summed E-state index contributed by atoms with van der Waals surface area (Å²) in [5, 5.41) is 2.57. The average Bonchev–Trinajstić information content (AvgIpc) is 2.37. The van der Waals surface area contributed by atoms with Gasteiger partial charge in [0.1, 0.15) is 0 Å². The van der Waals surface area contributed by atoms with Gasteiger partial charge in [0, 0.05) is 25.1 Å². The molecule has 1 N–H and O–H groups in total. The largest absolute Gasteiger partial charge is 0.359 e. The van der Waals surface area contributed by atoms with Crippen LogP contribution in [0.5, 0.6) is 0 Å². The number of rotatable bonds is 4. The third kappa shape index (κ3) is 3.57. The van der Waals surface area contributed by atoms with Crippen molar-refractivity contribution in [2.24, 2.45) is 5.92 Å². The van der Waals surface area contributed by atoms with Crippen molar-refractivity contribution in [3.05, 3.63) is 34.3 Å². The zero-order valence-corrected chi connectivity index (χ0v) is 12.3. The van der Waals surface area contributed by atoms with E-state index < -0.39 is 0 Å². The van der Waals surface area contributed by atoms with Crippen molar-refractivity contribution in [3.8, 4) is 0 Å². The van der Waals surface area contributed by atoms with Crippen molar-refractivity contribution in [2.75, 3.05) is 20.6 Å². The molecule has 1 unspecified atom stereocenters. The molecule has 0 fully saturated rings. The number of benzene rings is 1. The van der Waals surface area contributed by atoms with E-state index in [2.05, 4.69) is 21.2 Å². The summed E-state index contributed by atoms with van der Waals surface area (Å²) in [6, 6.07) is 7.25. The van der Waals surface area contributed by atoms with Crippen LogP contribution in [0.4, 0.5) is 0 Å².